The second-order valence-corrected chi connectivity index (χ2v) is 4.91. The van der Waals surface area contributed by atoms with E-state index < -0.39 is 11.7 Å². The molecular formula is C11H8F3N7S. The number of nitrogens with two attached hydrogens (primary N) is 1. The Morgan fingerprint density at radius 2 is 2.00 bits per heavy atom. The Morgan fingerprint density at radius 1 is 1.23 bits per heavy atom. The molecule has 0 unspecified atom stereocenters. The summed E-state index contributed by atoms with van der Waals surface area (Å²) in [7, 11) is 0. The molecule has 0 amide bonds. The first kappa shape index (κ1) is 14.5. The van der Waals surface area contributed by atoms with Crippen LogP contribution in [-0.4, -0.2) is 35.8 Å². The van der Waals surface area contributed by atoms with E-state index in [1.165, 1.54) is 11.8 Å². The minimum absolute atomic E-state index is 0.00875. The van der Waals surface area contributed by atoms with Crippen molar-refractivity contribution < 1.29 is 13.2 Å². The summed E-state index contributed by atoms with van der Waals surface area (Å²) in [6.45, 7) is 0. The SMILES string of the molecule is CSc1nc(N)n2nc(-c3cnccc3C(F)(F)F)nc2n1. The molecule has 0 aliphatic carbocycles. The predicted molar refractivity (Wildman–Crippen MR) is 73.0 cm³/mol. The van der Waals surface area contributed by atoms with E-state index in [-0.39, 0.29) is 23.1 Å². The highest BCUT2D eigenvalue weighted by atomic mass is 32.2. The molecule has 0 fully saturated rings. The summed E-state index contributed by atoms with van der Waals surface area (Å²) in [6.07, 6.45) is -0.693. The lowest BCUT2D eigenvalue weighted by atomic mass is 10.1. The molecule has 0 radical (unpaired) electrons. The molecule has 3 aromatic heterocycles. The number of alkyl halides is 3. The number of rotatable bonds is 2. The van der Waals surface area contributed by atoms with Gasteiger partial charge in [0.1, 0.15) is 0 Å². The van der Waals surface area contributed by atoms with Crippen LogP contribution in [0.3, 0.4) is 0 Å². The molecule has 0 aliphatic rings. The molecule has 0 aliphatic heterocycles. The standard InChI is InChI=1S/C11H8F3N7S/c1-22-10-18-8(15)21-9(19-10)17-7(20-21)5-4-16-3-2-6(5)11(12,13)14/h2-4H,1H3,(H2,15,17,18,19,20). The number of pyridine rings is 1. The van der Waals surface area contributed by atoms with Crippen molar-refractivity contribution in [2.24, 2.45) is 0 Å². The number of nitrogens with zero attached hydrogens (tertiary/aromatic N) is 6. The van der Waals surface area contributed by atoms with Gasteiger partial charge < -0.3 is 5.73 Å². The number of hydrogen-bond acceptors (Lipinski definition) is 7. The highest BCUT2D eigenvalue weighted by molar-refractivity contribution is 7.98. The number of thioether (sulfide) groups is 1. The number of aromatic nitrogens is 6. The van der Waals surface area contributed by atoms with Gasteiger partial charge in [-0.3, -0.25) is 4.98 Å². The molecule has 0 saturated heterocycles. The third kappa shape index (κ3) is 2.43. The molecule has 22 heavy (non-hydrogen) atoms. The summed E-state index contributed by atoms with van der Waals surface area (Å²) in [6, 6.07) is 0.864. The lowest BCUT2D eigenvalue weighted by Crippen LogP contribution is -2.08. The van der Waals surface area contributed by atoms with Gasteiger partial charge in [0.25, 0.3) is 5.78 Å². The minimum atomic E-state index is -4.54. The van der Waals surface area contributed by atoms with Gasteiger partial charge >= 0.3 is 6.18 Å². The fourth-order valence-corrected chi connectivity index (χ4v) is 2.17. The number of anilines is 1. The van der Waals surface area contributed by atoms with Gasteiger partial charge in [-0.05, 0) is 12.3 Å². The van der Waals surface area contributed by atoms with Gasteiger partial charge in [0.15, 0.2) is 11.0 Å². The van der Waals surface area contributed by atoms with Crippen LogP contribution in [0.25, 0.3) is 17.2 Å². The summed E-state index contributed by atoms with van der Waals surface area (Å²) in [5.41, 5.74) is 4.58. The molecule has 0 aromatic carbocycles. The van der Waals surface area contributed by atoms with Gasteiger partial charge in [-0.1, -0.05) is 11.8 Å². The Morgan fingerprint density at radius 3 is 2.68 bits per heavy atom. The molecule has 3 aromatic rings. The van der Waals surface area contributed by atoms with Crippen molar-refractivity contribution in [1.82, 2.24) is 29.5 Å². The van der Waals surface area contributed by atoms with E-state index >= 15 is 0 Å². The van der Waals surface area contributed by atoms with E-state index in [4.69, 9.17) is 5.73 Å². The maximum absolute atomic E-state index is 13.0. The Bertz CT molecular complexity index is 845. The number of halogens is 3. The Labute approximate surface area is 125 Å². The number of nitrogen functional groups attached to an aromatic ring is 1. The molecule has 3 heterocycles. The third-order valence-corrected chi connectivity index (χ3v) is 3.31. The highest BCUT2D eigenvalue weighted by Gasteiger charge is 2.34. The number of fused-ring (bicyclic) bond motifs is 1. The first-order valence-corrected chi connectivity index (χ1v) is 7.08. The normalized spacial score (nSPS) is 12.0. The fraction of sp³-hybridized carbons (Fsp3) is 0.182. The topological polar surface area (TPSA) is 94.9 Å². The maximum Gasteiger partial charge on any atom is 0.417 e. The molecule has 0 spiro atoms. The monoisotopic (exact) mass is 327 g/mol. The van der Waals surface area contributed by atoms with E-state index in [1.54, 1.807) is 6.26 Å². The summed E-state index contributed by atoms with van der Waals surface area (Å²) in [5, 5.41) is 4.29. The first-order valence-electron chi connectivity index (χ1n) is 5.86. The lowest BCUT2D eigenvalue weighted by molar-refractivity contribution is -0.137. The van der Waals surface area contributed by atoms with Gasteiger partial charge in [-0.25, -0.2) is 0 Å². The second-order valence-electron chi connectivity index (χ2n) is 4.13. The van der Waals surface area contributed by atoms with Crippen LogP contribution in [0, 0.1) is 0 Å². The van der Waals surface area contributed by atoms with Gasteiger partial charge in [-0.2, -0.15) is 32.6 Å². The van der Waals surface area contributed by atoms with E-state index in [0.29, 0.717) is 5.16 Å². The van der Waals surface area contributed by atoms with Crippen molar-refractivity contribution in [3.63, 3.8) is 0 Å². The quantitative estimate of drug-likeness (QED) is 0.718. The molecule has 0 atom stereocenters. The molecule has 11 heteroatoms. The van der Waals surface area contributed by atoms with Crippen molar-refractivity contribution >= 4 is 23.5 Å². The van der Waals surface area contributed by atoms with Gasteiger partial charge in [-0.15, -0.1) is 5.10 Å². The Kier molecular flexibility index (Phi) is 3.35. The lowest BCUT2D eigenvalue weighted by Gasteiger charge is -2.09. The summed E-state index contributed by atoms with van der Waals surface area (Å²) >= 11 is 1.23. The molecule has 2 N–H and O–H groups in total. The molecular weight excluding hydrogens is 319 g/mol. The Balaban J connectivity index is 2.22. The largest absolute Gasteiger partial charge is 0.417 e. The summed E-state index contributed by atoms with van der Waals surface area (Å²) < 4.78 is 40.2. The second kappa shape index (κ2) is 5.09. The summed E-state index contributed by atoms with van der Waals surface area (Å²) in [5.74, 6) is -0.103. The molecule has 0 saturated carbocycles. The first-order chi connectivity index (χ1) is 10.4. The third-order valence-electron chi connectivity index (χ3n) is 2.76. The van der Waals surface area contributed by atoms with Crippen molar-refractivity contribution in [3.8, 4) is 11.4 Å². The van der Waals surface area contributed by atoms with Crippen LogP contribution in [-0.2, 0) is 6.18 Å². The van der Waals surface area contributed by atoms with Crippen LogP contribution in [0.2, 0.25) is 0 Å². The number of hydrogen-bond donors (Lipinski definition) is 1. The average molecular weight is 327 g/mol. The smallest absolute Gasteiger partial charge is 0.368 e. The van der Waals surface area contributed by atoms with Crippen molar-refractivity contribution in [2.75, 3.05) is 12.0 Å². The minimum Gasteiger partial charge on any atom is -0.368 e. The van der Waals surface area contributed by atoms with Crippen LogP contribution in [0.15, 0.2) is 23.6 Å². The molecule has 3 rings (SSSR count). The van der Waals surface area contributed by atoms with Crippen LogP contribution in [0.5, 0.6) is 0 Å². The maximum atomic E-state index is 13.0. The van der Waals surface area contributed by atoms with E-state index in [2.05, 4.69) is 25.0 Å². The van der Waals surface area contributed by atoms with Crippen molar-refractivity contribution in [3.05, 3.63) is 24.0 Å². The Hall–Kier alpha value is -2.43. The highest BCUT2D eigenvalue weighted by Crippen LogP contribution is 2.35. The van der Waals surface area contributed by atoms with Crippen molar-refractivity contribution in [1.29, 1.82) is 0 Å². The van der Waals surface area contributed by atoms with E-state index in [9.17, 15) is 13.2 Å². The average Bonchev–Trinajstić information content (AvgIpc) is 2.90. The zero-order chi connectivity index (χ0) is 15.9. The van der Waals surface area contributed by atoms with Gasteiger partial charge in [0, 0.05) is 12.4 Å². The van der Waals surface area contributed by atoms with Gasteiger partial charge in [0.05, 0.1) is 11.1 Å². The van der Waals surface area contributed by atoms with Crippen LogP contribution in [0.4, 0.5) is 19.1 Å². The van der Waals surface area contributed by atoms with Gasteiger partial charge in [0.2, 0.25) is 5.95 Å². The summed E-state index contributed by atoms with van der Waals surface area (Å²) in [4.78, 5) is 15.7. The van der Waals surface area contributed by atoms with E-state index in [0.717, 1.165) is 23.0 Å². The molecule has 7 nitrogen and oxygen atoms in total. The fourth-order valence-electron chi connectivity index (χ4n) is 1.81. The van der Waals surface area contributed by atoms with Crippen LogP contribution in [0.1, 0.15) is 5.56 Å². The molecule has 0 bridgehead atoms. The zero-order valence-corrected chi connectivity index (χ0v) is 11.9. The van der Waals surface area contributed by atoms with Crippen LogP contribution >= 0.6 is 11.8 Å². The molecule has 114 valence electrons. The predicted octanol–water partition coefficient (Wildman–Crippen LogP) is 1.90. The zero-order valence-electron chi connectivity index (χ0n) is 11.0. The van der Waals surface area contributed by atoms with E-state index in [1.807, 2.05) is 0 Å². The van der Waals surface area contributed by atoms with Crippen LogP contribution < -0.4 is 5.73 Å². The van der Waals surface area contributed by atoms with Crippen molar-refractivity contribution in [2.45, 2.75) is 11.3 Å².